The summed E-state index contributed by atoms with van der Waals surface area (Å²) in [5.74, 6) is -0.826. The molecular weight excluding hydrogens is 320 g/mol. The highest BCUT2D eigenvalue weighted by atomic mass is 79.9. The third-order valence-electron chi connectivity index (χ3n) is 3.67. The van der Waals surface area contributed by atoms with Crippen molar-refractivity contribution in [2.45, 2.75) is 32.7 Å². The van der Waals surface area contributed by atoms with Gasteiger partial charge in [0.25, 0.3) is 0 Å². The van der Waals surface area contributed by atoms with E-state index in [1.165, 1.54) is 0 Å². The second kappa shape index (κ2) is 6.39. The maximum absolute atomic E-state index is 12.4. The van der Waals surface area contributed by atoms with Gasteiger partial charge in [0.05, 0.1) is 5.69 Å². The SMILES string of the molecule is CCC(C)NC(=O)C1CCN(c2ccccc2Br)C1=O. The lowest BCUT2D eigenvalue weighted by molar-refractivity contribution is -0.132. The van der Waals surface area contributed by atoms with Crippen LogP contribution in [0.4, 0.5) is 5.69 Å². The molecule has 1 aliphatic rings. The zero-order valence-corrected chi connectivity index (χ0v) is 13.3. The predicted octanol–water partition coefficient (Wildman–Crippen LogP) is 2.72. The summed E-state index contributed by atoms with van der Waals surface area (Å²) in [6.45, 7) is 4.54. The second-order valence-electron chi connectivity index (χ2n) is 5.10. The Morgan fingerprint density at radius 3 is 2.85 bits per heavy atom. The van der Waals surface area contributed by atoms with Gasteiger partial charge in [-0.25, -0.2) is 0 Å². The molecular formula is C15H19BrN2O2. The van der Waals surface area contributed by atoms with Gasteiger partial charge in [-0.2, -0.15) is 0 Å². The summed E-state index contributed by atoms with van der Waals surface area (Å²) in [6, 6.07) is 7.68. The zero-order chi connectivity index (χ0) is 14.7. The van der Waals surface area contributed by atoms with E-state index in [0.29, 0.717) is 13.0 Å². The highest BCUT2D eigenvalue weighted by molar-refractivity contribution is 9.10. The number of halogens is 1. The van der Waals surface area contributed by atoms with E-state index >= 15 is 0 Å². The number of amides is 2. The third-order valence-corrected chi connectivity index (χ3v) is 4.34. The van der Waals surface area contributed by atoms with Crippen LogP contribution in [0.1, 0.15) is 26.7 Å². The first kappa shape index (κ1) is 15.0. The average Bonchev–Trinajstić information content (AvgIpc) is 2.81. The Hall–Kier alpha value is -1.36. The maximum Gasteiger partial charge on any atom is 0.239 e. The molecule has 0 aromatic heterocycles. The molecule has 2 amide bonds. The second-order valence-corrected chi connectivity index (χ2v) is 5.95. The Bertz CT molecular complexity index is 518. The molecule has 108 valence electrons. The molecule has 1 N–H and O–H groups in total. The van der Waals surface area contributed by atoms with E-state index in [-0.39, 0.29) is 17.9 Å². The first-order chi connectivity index (χ1) is 9.54. The van der Waals surface area contributed by atoms with E-state index in [2.05, 4.69) is 21.2 Å². The fourth-order valence-corrected chi connectivity index (χ4v) is 2.78. The molecule has 0 spiro atoms. The first-order valence-electron chi connectivity index (χ1n) is 6.91. The summed E-state index contributed by atoms with van der Waals surface area (Å²) >= 11 is 3.45. The van der Waals surface area contributed by atoms with Gasteiger partial charge >= 0.3 is 0 Å². The predicted molar refractivity (Wildman–Crippen MR) is 82.5 cm³/mol. The highest BCUT2D eigenvalue weighted by Crippen LogP contribution is 2.31. The number of benzene rings is 1. The minimum absolute atomic E-state index is 0.104. The number of hydrogen-bond donors (Lipinski definition) is 1. The fraction of sp³-hybridized carbons (Fsp3) is 0.467. The highest BCUT2D eigenvalue weighted by Gasteiger charge is 2.38. The van der Waals surface area contributed by atoms with Crippen LogP contribution in [0.5, 0.6) is 0 Å². The van der Waals surface area contributed by atoms with Crippen molar-refractivity contribution in [3.8, 4) is 0 Å². The molecule has 1 fully saturated rings. The largest absolute Gasteiger partial charge is 0.353 e. The van der Waals surface area contributed by atoms with E-state index < -0.39 is 5.92 Å². The van der Waals surface area contributed by atoms with Gasteiger partial charge in [0.2, 0.25) is 11.8 Å². The molecule has 0 bridgehead atoms. The molecule has 1 aromatic rings. The van der Waals surface area contributed by atoms with Gasteiger partial charge in [0.15, 0.2) is 0 Å². The van der Waals surface area contributed by atoms with Gasteiger partial charge in [-0.1, -0.05) is 19.1 Å². The molecule has 0 aliphatic carbocycles. The van der Waals surface area contributed by atoms with Crippen molar-refractivity contribution in [1.29, 1.82) is 0 Å². The summed E-state index contributed by atoms with van der Waals surface area (Å²) < 4.78 is 0.872. The Labute approximate surface area is 127 Å². The van der Waals surface area contributed by atoms with Crippen molar-refractivity contribution >= 4 is 33.4 Å². The Morgan fingerprint density at radius 2 is 2.20 bits per heavy atom. The normalized spacial score (nSPS) is 20.1. The molecule has 1 saturated heterocycles. The van der Waals surface area contributed by atoms with Crippen molar-refractivity contribution in [1.82, 2.24) is 5.32 Å². The molecule has 0 radical (unpaired) electrons. The van der Waals surface area contributed by atoms with Gasteiger partial charge in [0.1, 0.15) is 5.92 Å². The summed E-state index contributed by atoms with van der Waals surface area (Å²) in [4.78, 5) is 26.2. The molecule has 1 aromatic carbocycles. The minimum atomic E-state index is -0.559. The topological polar surface area (TPSA) is 49.4 Å². The smallest absolute Gasteiger partial charge is 0.239 e. The molecule has 1 heterocycles. The van der Waals surface area contributed by atoms with E-state index in [0.717, 1.165) is 16.6 Å². The van der Waals surface area contributed by atoms with Crippen LogP contribution >= 0.6 is 15.9 Å². The average molecular weight is 339 g/mol. The quantitative estimate of drug-likeness (QED) is 0.858. The van der Waals surface area contributed by atoms with E-state index in [1.54, 1.807) is 4.90 Å². The number of nitrogens with one attached hydrogen (secondary N) is 1. The Balaban J connectivity index is 2.10. The van der Waals surface area contributed by atoms with Crippen LogP contribution in [-0.4, -0.2) is 24.4 Å². The number of anilines is 1. The maximum atomic E-state index is 12.4. The van der Waals surface area contributed by atoms with Gasteiger partial charge in [0, 0.05) is 17.1 Å². The summed E-state index contributed by atoms with van der Waals surface area (Å²) in [7, 11) is 0. The van der Waals surface area contributed by atoms with Crippen LogP contribution < -0.4 is 10.2 Å². The summed E-state index contributed by atoms with van der Waals surface area (Å²) in [5.41, 5.74) is 0.830. The number of nitrogens with zero attached hydrogens (tertiary/aromatic N) is 1. The number of hydrogen-bond acceptors (Lipinski definition) is 2. The van der Waals surface area contributed by atoms with Crippen LogP contribution in [0.25, 0.3) is 0 Å². The van der Waals surface area contributed by atoms with Crippen LogP contribution in [0.3, 0.4) is 0 Å². The van der Waals surface area contributed by atoms with Crippen molar-refractivity contribution < 1.29 is 9.59 Å². The summed E-state index contributed by atoms with van der Waals surface area (Å²) in [6.07, 6.45) is 1.43. The number of carbonyl (C=O) groups excluding carboxylic acids is 2. The van der Waals surface area contributed by atoms with E-state index in [1.807, 2.05) is 38.1 Å². The number of para-hydroxylation sites is 1. The molecule has 1 aliphatic heterocycles. The standard InChI is InChI=1S/C15H19BrN2O2/c1-3-10(2)17-14(19)11-8-9-18(15(11)20)13-7-5-4-6-12(13)16/h4-7,10-11H,3,8-9H2,1-2H3,(H,17,19). The molecule has 5 heteroatoms. The fourth-order valence-electron chi connectivity index (χ4n) is 2.28. The van der Waals surface area contributed by atoms with Crippen LogP contribution in [0, 0.1) is 5.92 Å². The first-order valence-corrected chi connectivity index (χ1v) is 7.70. The lowest BCUT2D eigenvalue weighted by Crippen LogP contribution is -2.40. The number of rotatable bonds is 4. The number of carbonyl (C=O) groups is 2. The van der Waals surface area contributed by atoms with Crippen molar-refractivity contribution in [2.75, 3.05) is 11.4 Å². The van der Waals surface area contributed by atoms with Gasteiger partial charge in [-0.3, -0.25) is 9.59 Å². The van der Waals surface area contributed by atoms with Gasteiger partial charge in [-0.15, -0.1) is 0 Å². The minimum Gasteiger partial charge on any atom is -0.353 e. The van der Waals surface area contributed by atoms with Crippen molar-refractivity contribution in [3.05, 3.63) is 28.7 Å². The zero-order valence-electron chi connectivity index (χ0n) is 11.7. The van der Waals surface area contributed by atoms with E-state index in [9.17, 15) is 9.59 Å². The van der Waals surface area contributed by atoms with Crippen LogP contribution in [-0.2, 0) is 9.59 Å². The third kappa shape index (κ3) is 3.03. The Kier molecular flexibility index (Phi) is 4.81. The Morgan fingerprint density at radius 1 is 1.50 bits per heavy atom. The molecule has 2 atom stereocenters. The molecule has 4 nitrogen and oxygen atoms in total. The lowest BCUT2D eigenvalue weighted by Gasteiger charge is -2.19. The van der Waals surface area contributed by atoms with Gasteiger partial charge < -0.3 is 10.2 Å². The summed E-state index contributed by atoms with van der Waals surface area (Å²) in [5, 5.41) is 2.89. The molecule has 0 saturated carbocycles. The lowest BCUT2D eigenvalue weighted by atomic mass is 10.1. The van der Waals surface area contributed by atoms with Gasteiger partial charge in [-0.05, 0) is 47.8 Å². The van der Waals surface area contributed by atoms with Crippen molar-refractivity contribution in [2.24, 2.45) is 5.92 Å². The molecule has 20 heavy (non-hydrogen) atoms. The monoisotopic (exact) mass is 338 g/mol. The molecule has 2 unspecified atom stereocenters. The van der Waals surface area contributed by atoms with Crippen LogP contribution in [0.15, 0.2) is 28.7 Å². The molecule has 2 rings (SSSR count). The van der Waals surface area contributed by atoms with E-state index in [4.69, 9.17) is 0 Å². The van der Waals surface area contributed by atoms with Crippen LogP contribution in [0.2, 0.25) is 0 Å². The van der Waals surface area contributed by atoms with Crippen molar-refractivity contribution in [3.63, 3.8) is 0 Å².